The van der Waals surface area contributed by atoms with Crippen LogP contribution in [0.15, 0.2) is 73.2 Å². The maximum absolute atomic E-state index is 15.2. The Bertz CT molecular complexity index is 1940. The third-order valence-electron chi connectivity index (χ3n) is 7.36. The largest absolute Gasteiger partial charge is 0.463 e. The molecular formula is C32H28F2N6O5S. The van der Waals surface area contributed by atoms with Gasteiger partial charge in [-0.25, -0.2) is 8.78 Å². The summed E-state index contributed by atoms with van der Waals surface area (Å²) in [5, 5.41) is 9.59. The first kappa shape index (κ1) is 30.8. The number of thiophene rings is 1. The highest BCUT2D eigenvalue weighted by atomic mass is 32.1. The maximum Gasteiger partial charge on any atom is 0.322 e. The molecule has 14 heteroatoms. The average Bonchev–Trinajstić information content (AvgIpc) is 3.52. The van der Waals surface area contributed by atoms with Crippen LogP contribution in [0.4, 0.5) is 20.2 Å². The SMILES string of the molecule is CC(N)C(=O)OCCn1cc(-c2cc3nccc(Oc4ccc(NC(=O)C5(C(=O)Nc6ccc(F)cc6)CC5)cc4F)c3s2)cn1. The van der Waals surface area contributed by atoms with Gasteiger partial charge in [0, 0.05) is 46.3 Å². The number of amides is 2. The molecule has 1 atom stereocenters. The molecule has 236 valence electrons. The molecule has 1 saturated carbocycles. The number of rotatable bonds is 11. The Morgan fingerprint density at radius 3 is 2.43 bits per heavy atom. The minimum atomic E-state index is -1.29. The van der Waals surface area contributed by atoms with E-state index in [2.05, 4.69) is 20.7 Å². The Hall–Kier alpha value is -5.21. The van der Waals surface area contributed by atoms with E-state index in [0.29, 0.717) is 41.0 Å². The summed E-state index contributed by atoms with van der Waals surface area (Å²) in [6.07, 6.45) is 5.73. The van der Waals surface area contributed by atoms with Gasteiger partial charge in [0.15, 0.2) is 11.6 Å². The van der Waals surface area contributed by atoms with Crippen LogP contribution in [0.2, 0.25) is 0 Å². The first-order valence-corrected chi connectivity index (χ1v) is 15.1. The van der Waals surface area contributed by atoms with Crippen LogP contribution in [-0.4, -0.2) is 45.2 Å². The summed E-state index contributed by atoms with van der Waals surface area (Å²) in [6, 6.07) is 12.0. The number of pyridine rings is 1. The predicted octanol–water partition coefficient (Wildman–Crippen LogP) is 5.48. The van der Waals surface area contributed by atoms with E-state index in [4.69, 9.17) is 15.2 Å². The zero-order chi connectivity index (χ0) is 32.4. The van der Waals surface area contributed by atoms with Crippen LogP contribution in [0.3, 0.4) is 0 Å². The molecule has 2 aromatic carbocycles. The number of anilines is 2. The van der Waals surface area contributed by atoms with Crippen molar-refractivity contribution in [3.05, 3.63) is 84.8 Å². The molecule has 3 heterocycles. The van der Waals surface area contributed by atoms with Gasteiger partial charge >= 0.3 is 5.97 Å². The molecular weight excluding hydrogens is 618 g/mol. The minimum absolute atomic E-state index is 0.0650. The second-order valence-electron chi connectivity index (χ2n) is 10.8. The molecule has 1 unspecified atom stereocenters. The summed E-state index contributed by atoms with van der Waals surface area (Å²) in [5.74, 6) is -2.39. The molecule has 0 aliphatic heterocycles. The number of nitrogens with one attached hydrogen (secondary N) is 2. The highest BCUT2D eigenvalue weighted by Gasteiger charge is 2.56. The molecule has 5 aromatic rings. The van der Waals surface area contributed by atoms with E-state index < -0.39 is 40.9 Å². The molecule has 1 aliphatic carbocycles. The van der Waals surface area contributed by atoms with Gasteiger partial charge in [-0.2, -0.15) is 5.10 Å². The maximum atomic E-state index is 15.2. The number of carbonyl (C=O) groups is 3. The van der Waals surface area contributed by atoms with E-state index in [1.807, 2.05) is 12.3 Å². The predicted molar refractivity (Wildman–Crippen MR) is 167 cm³/mol. The lowest BCUT2D eigenvalue weighted by Crippen LogP contribution is -2.35. The van der Waals surface area contributed by atoms with Gasteiger partial charge in [0.25, 0.3) is 0 Å². The molecule has 6 rings (SSSR count). The Balaban J connectivity index is 1.11. The van der Waals surface area contributed by atoms with Gasteiger partial charge in [0.05, 0.1) is 23.0 Å². The highest BCUT2D eigenvalue weighted by molar-refractivity contribution is 7.22. The Morgan fingerprint density at radius 1 is 1.02 bits per heavy atom. The van der Waals surface area contributed by atoms with Crippen molar-refractivity contribution in [2.45, 2.75) is 32.4 Å². The molecule has 0 saturated heterocycles. The number of ether oxygens (including phenoxy) is 2. The van der Waals surface area contributed by atoms with Crippen molar-refractivity contribution in [3.8, 4) is 21.9 Å². The molecule has 0 bridgehead atoms. The lowest BCUT2D eigenvalue weighted by Gasteiger charge is -2.16. The number of carbonyl (C=O) groups excluding carboxylic acids is 3. The van der Waals surface area contributed by atoms with Gasteiger partial charge in [0.2, 0.25) is 11.8 Å². The molecule has 3 aromatic heterocycles. The second kappa shape index (κ2) is 12.7. The molecule has 11 nitrogen and oxygen atoms in total. The van der Waals surface area contributed by atoms with Crippen molar-refractivity contribution in [3.63, 3.8) is 0 Å². The fourth-order valence-electron chi connectivity index (χ4n) is 4.62. The summed E-state index contributed by atoms with van der Waals surface area (Å²) in [4.78, 5) is 42.7. The third kappa shape index (κ3) is 6.57. The fourth-order valence-corrected chi connectivity index (χ4v) is 5.66. The van der Waals surface area contributed by atoms with Crippen molar-refractivity contribution in [2.75, 3.05) is 17.2 Å². The van der Waals surface area contributed by atoms with Crippen molar-refractivity contribution >= 4 is 50.7 Å². The number of fused-ring (bicyclic) bond motifs is 1. The topological polar surface area (TPSA) is 150 Å². The van der Waals surface area contributed by atoms with E-state index in [1.54, 1.807) is 30.1 Å². The first-order valence-electron chi connectivity index (χ1n) is 14.3. The van der Waals surface area contributed by atoms with E-state index in [1.165, 1.54) is 47.7 Å². The fraction of sp³-hybridized carbons (Fsp3) is 0.219. The van der Waals surface area contributed by atoms with Gasteiger partial charge < -0.3 is 25.8 Å². The number of nitrogens with zero attached hydrogens (tertiary/aromatic N) is 3. The van der Waals surface area contributed by atoms with Crippen LogP contribution in [-0.2, 0) is 25.7 Å². The van der Waals surface area contributed by atoms with Crippen LogP contribution >= 0.6 is 11.3 Å². The van der Waals surface area contributed by atoms with Crippen LogP contribution in [0.5, 0.6) is 11.5 Å². The quantitative estimate of drug-likeness (QED) is 0.126. The zero-order valence-electron chi connectivity index (χ0n) is 24.5. The van der Waals surface area contributed by atoms with Gasteiger partial charge in [-0.1, -0.05) is 0 Å². The summed E-state index contributed by atoms with van der Waals surface area (Å²) < 4.78 is 41.8. The molecule has 0 spiro atoms. The van der Waals surface area contributed by atoms with E-state index >= 15 is 4.39 Å². The molecule has 0 radical (unpaired) electrons. The van der Waals surface area contributed by atoms with Crippen LogP contribution in [0.25, 0.3) is 20.7 Å². The van der Waals surface area contributed by atoms with Gasteiger partial charge in [0.1, 0.15) is 29.6 Å². The van der Waals surface area contributed by atoms with Crippen molar-refractivity contribution < 1.29 is 32.6 Å². The second-order valence-corrected chi connectivity index (χ2v) is 11.9. The van der Waals surface area contributed by atoms with Crippen molar-refractivity contribution in [1.29, 1.82) is 0 Å². The number of benzene rings is 2. The number of esters is 1. The summed E-state index contributed by atoms with van der Waals surface area (Å²) >= 11 is 1.39. The van der Waals surface area contributed by atoms with E-state index in [0.717, 1.165) is 16.5 Å². The standard InChI is InChI=1S/C32H28F2N6O5S/c1-18(35)29(41)44-13-12-40-17-19(16-37-40)27-15-24-28(46-27)26(8-11-36-24)45-25-7-6-22(14-23(25)34)39-31(43)32(9-10-32)30(42)38-21-4-2-20(33)3-5-21/h2-8,11,14-18H,9-10,12-13,35H2,1H3,(H,38,42)(H,39,43). The summed E-state index contributed by atoms with van der Waals surface area (Å²) in [6.45, 7) is 2.05. The van der Waals surface area contributed by atoms with E-state index in [-0.39, 0.29) is 18.0 Å². The number of aromatic nitrogens is 3. The van der Waals surface area contributed by atoms with Crippen LogP contribution in [0.1, 0.15) is 19.8 Å². The number of hydrogen-bond acceptors (Lipinski definition) is 9. The van der Waals surface area contributed by atoms with Gasteiger partial charge in [-0.15, -0.1) is 11.3 Å². The molecule has 46 heavy (non-hydrogen) atoms. The first-order chi connectivity index (χ1) is 22.1. The molecule has 1 aliphatic rings. The van der Waals surface area contributed by atoms with Crippen LogP contribution in [0, 0.1) is 17.0 Å². The van der Waals surface area contributed by atoms with Crippen molar-refractivity contribution in [2.24, 2.45) is 11.1 Å². The Labute approximate surface area is 265 Å². The summed E-state index contributed by atoms with van der Waals surface area (Å²) in [7, 11) is 0. The Kier molecular flexibility index (Phi) is 8.47. The van der Waals surface area contributed by atoms with Crippen molar-refractivity contribution in [1.82, 2.24) is 14.8 Å². The lowest BCUT2D eigenvalue weighted by molar-refractivity contribution is -0.145. The monoisotopic (exact) mass is 646 g/mol. The van der Waals surface area contributed by atoms with E-state index in [9.17, 15) is 18.8 Å². The number of hydrogen-bond donors (Lipinski definition) is 3. The summed E-state index contributed by atoms with van der Waals surface area (Å²) in [5.41, 5.74) is 6.22. The highest BCUT2D eigenvalue weighted by Crippen LogP contribution is 2.48. The molecule has 1 fully saturated rings. The third-order valence-corrected chi connectivity index (χ3v) is 8.55. The molecule has 4 N–H and O–H groups in total. The smallest absolute Gasteiger partial charge is 0.322 e. The Morgan fingerprint density at radius 2 is 1.74 bits per heavy atom. The number of nitrogens with two attached hydrogens (primary N) is 1. The van der Waals surface area contributed by atoms with Gasteiger partial charge in [-0.3, -0.25) is 24.0 Å². The lowest BCUT2D eigenvalue weighted by atomic mass is 10.0. The average molecular weight is 647 g/mol. The zero-order valence-corrected chi connectivity index (χ0v) is 25.3. The molecule has 2 amide bonds. The normalized spacial score (nSPS) is 14.0. The number of halogens is 2. The van der Waals surface area contributed by atoms with Gasteiger partial charge in [-0.05, 0) is 62.2 Å². The minimum Gasteiger partial charge on any atom is -0.463 e. The van der Waals surface area contributed by atoms with Crippen LogP contribution < -0.4 is 21.1 Å².